The summed E-state index contributed by atoms with van der Waals surface area (Å²) < 4.78 is 20.1. The van der Waals surface area contributed by atoms with Gasteiger partial charge in [-0.3, -0.25) is 4.79 Å². The molecule has 27 heavy (non-hydrogen) atoms. The molecule has 134 valence electrons. The summed E-state index contributed by atoms with van der Waals surface area (Å²) in [5.41, 5.74) is 2.49. The summed E-state index contributed by atoms with van der Waals surface area (Å²) in [5, 5.41) is 10.7. The van der Waals surface area contributed by atoms with Crippen LogP contribution < -0.4 is 5.32 Å². The highest BCUT2D eigenvalue weighted by atomic mass is 19.1. The molecule has 4 aromatic rings. The van der Waals surface area contributed by atoms with Gasteiger partial charge in [-0.25, -0.2) is 14.1 Å². The predicted octanol–water partition coefficient (Wildman–Crippen LogP) is 3.37. The Morgan fingerprint density at radius 3 is 2.85 bits per heavy atom. The lowest BCUT2D eigenvalue weighted by Gasteiger charge is -2.06. The van der Waals surface area contributed by atoms with Crippen LogP contribution in [0.5, 0.6) is 0 Å². The fourth-order valence-electron chi connectivity index (χ4n) is 2.61. The maximum absolute atomic E-state index is 13.3. The minimum atomic E-state index is -0.442. The Morgan fingerprint density at radius 1 is 1.15 bits per heavy atom. The first-order valence-corrected chi connectivity index (χ1v) is 8.13. The van der Waals surface area contributed by atoms with Gasteiger partial charge in [0.1, 0.15) is 24.2 Å². The topological polar surface area (TPSA) is 85.8 Å². The van der Waals surface area contributed by atoms with Crippen LogP contribution in [0.2, 0.25) is 0 Å². The van der Waals surface area contributed by atoms with E-state index < -0.39 is 5.91 Å². The molecule has 0 spiro atoms. The maximum Gasteiger partial charge on any atom is 0.294 e. The molecule has 2 heterocycles. The summed E-state index contributed by atoms with van der Waals surface area (Å²) in [6.07, 6.45) is 3.08. The number of halogens is 1. The molecule has 0 atom stereocenters. The number of nitrogens with zero attached hydrogens (tertiary/aromatic N) is 4. The lowest BCUT2D eigenvalue weighted by atomic mass is 10.1. The molecule has 0 radical (unpaired) electrons. The Balaban J connectivity index is 1.48. The van der Waals surface area contributed by atoms with Gasteiger partial charge in [-0.05, 0) is 29.8 Å². The number of benzene rings is 2. The average molecular weight is 363 g/mol. The molecule has 0 aliphatic rings. The molecular formula is C19H14FN5O2. The van der Waals surface area contributed by atoms with Gasteiger partial charge in [0.15, 0.2) is 0 Å². The van der Waals surface area contributed by atoms with E-state index in [-0.39, 0.29) is 11.6 Å². The highest BCUT2D eigenvalue weighted by Crippen LogP contribution is 2.21. The Morgan fingerprint density at radius 2 is 2.04 bits per heavy atom. The van der Waals surface area contributed by atoms with Crippen LogP contribution in [0.3, 0.4) is 0 Å². The summed E-state index contributed by atoms with van der Waals surface area (Å²) in [4.78, 5) is 16.3. The van der Waals surface area contributed by atoms with Crippen LogP contribution in [0.25, 0.3) is 11.3 Å². The number of hydrogen-bond acceptors (Lipinski definition) is 5. The molecule has 0 unspecified atom stereocenters. The highest BCUT2D eigenvalue weighted by Gasteiger charge is 2.15. The van der Waals surface area contributed by atoms with Crippen LogP contribution in [0.4, 0.5) is 10.1 Å². The van der Waals surface area contributed by atoms with Gasteiger partial charge in [-0.2, -0.15) is 5.10 Å². The number of carbonyl (C=O) groups is 1. The Hall–Kier alpha value is -3.81. The standard InChI is InChI=1S/C19H14FN5O2/c20-15-5-2-4-14(8-15)17-9-18(27-24-17)19(26)23-16-6-1-3-13(7-16)10-25-12-21-11-22-25/h1-9,11-12H,10H2,(H,23,26). The van der Waals surface area contributed by atoms with Crippen molar-refractivity contribution in [2.45, 2.75) is 6.54 Å². The van der Waals surface area contributed by atoms with Gasteiger partial charge in [-0.15, -0.1) is 0 Å². The van der Waals surface area contributed by atoms with Crippen molar-refractivity contribution in [2.75, 3.05) is 5.32 Å². The number of carbonyl (C=O) groups excluding carboxylic acids is 1. The third-order valence-corrected chi connectivity index (χ3v) is 3.85. The quantitative estimate of drug-likeness (QED) is 0.587. The minimum absolute atomic E-state index is 0.0379. The van der Waals surface area contributed by atoms with Crippen molar-refractivity contribution in [3.8, 4) is 11.3 Å². The molecule has 0 fully saturated rings. The summed E-state index contributed by atoms with van der Waals surface area (Å²) >= 11 is 0. The van der Waals surface area contributed by atoms with Gasteiger partial charge in [0.25, 0.3) is 5.91 Å². The van der Waals surface area contributed by atoms with E-state index in [4.69, 9.17) is 4.52 Å². The molecule has 2 aromatic heterocycles. The summed E-state index contributed by atoms with van der Waals surface area (Å²) in [6, 6.07) is 14.8. The first kappa shape index (κ1) is 16.6. The van der Waals surface area contributed by atoms with Gasteiger partial charge >= 0.3 is 0 Å². The van der Waals surface area contributed by atoms with Gasteiger partial charge in [0.2, 0.25) is 5.76 Å². The van der Waals surface area contributed by atoms with Crippen molar-refractivity contribution in [1.29, 1.82) is 0 Å². The van der Waals surface area contributed by atoms with E-state index in [1.165, 1.54) is 24.5 Å². The van der Waals surface area contributed by atoms with Crippen LogP contribution in [0, 0.1) is 5.82 Å². The van der Waals surface area contributed by atoms with Crippen molar-refractivity contribution in [1.82, 2.24) is 19.9 Å². The molecule has 0 aliphatic carbocycles. The molecule has 2 aromatic carbocycles. The fraction of sp³-hybridized carbons (Fsp3) is 0.0526. The highest BCUT2D eigenvalue weighted by molar-refractivity contribution is 6.02. The molecule has 1 amide bonds. The summed E-state index contributed by atoms with van der Waals surface area (Å²) in [7, 11) is 0. The molecular weight excluding hydrogens is 349 g/mol. The van der Waals surface area contributed by atoms with E-state index in [9.17, 15) is 9.18 Å². The molecule has 1 N–H and O–H groups in total. The van der Waals surface area contributed by atoms with Crippen LogP contribution >= 0.6 is 0 Å². The zero-order chi connectivity index (χ0) is 18.6. The lowest BCUT2D eigenvalue weighted by molar-refractivity contribution is 0.0988. The largest absolute Gasteiger partial charge is 0.350 e. The zero-order valence-electron chi connectivity index (χ0n) is 14.0. The van der Waals surface area contributed by atoms with Crippen molar-refractivity contribution >= 4 is 11.6 Å². The number of anilines is 1. The van der Waals surface area contributed by atoms with E-state index in [1.807, 2.05) is 18.2 Å². The SMILES string of the molecule is O=C(Nc1cccc(Cn2cncn2)c1)c1cc(-c2cccc(F)c2)no1. The van der Waals surface area contributed by atoms with Crippen LogP contribution in [0.15, 0.2) is 71.8 Å². The maximum atomic E-state index is 13.3. The first-order valence-electron chi connectivity index (χ1n) is 8.13. The summed E-state index contributed by atoms with van der Waals surface area (Å²) in [6.45, 7) is 0.537. The second-order valence-corrected chi connectivity index (χ2v) is 5.83. The number of hydrogen-bond donors (Lipinski definition) is 1. The van der Waals surface area contributed by atoms with Gasteiger partial charge in [0, 0.05) is 17.3 Å². The van der Waals surface area contributed by atoms with Crippen LogP contribution in [-0.2, 0) is 6.54 Å². The zero-order valence-corrected chi connectivity index (χ0v) is 14.0. The number of amides is 1. The van der Waals surface area contributed by atoms with Crippen LogP contribution in [0.1, 0.15) is 16.1 Å². The van der Waals surface area contributed by atoms with E-state index >= 15 is 0 Å². The Bertz CT molecular complexity index is 1080. The second kappa shape index (κ2) is 7.20. The molecule has 0 saturated carbocycles. The summed E-state index contributed by atoms with van der Waals surface area (Å²) in [5.74, 6) is -0.787. The van der Waals surface area contributed by atoms with Crippen LogP contribution in [-0.4, -0.2) is 25.8 Å². The van der Waals surface area contributed by atoms with Crippen molar-refractivity contribution in [2.24, 2.45) is 0 Å². The second-order valence-electron chi connectivity index (χ2n) is 5.83. The molecule has 0 saturated heterocycles. The van der Waals surface area contributed by atoms with Gasteiger partial charge in [-0.1, -0.05) is 29.4 Å². The van der Waals surface area contributed by atoms with E-state index in [1.54, 1.807) is 29.2 Å². The number of aromatic nitrogens is 4. The van der Waals surface area contributed by atoms with Crippen molar-refractivity contribution in [3.05, 3.63) is 84.4 Å². The lowest BCUT2D eigenvalue weighted by Crippen LogP contribution is -2.11. The normalized spacial score (nSPS) is 10.7. The Labute approximate surface area is 153 Å². The minimum Gasteiger partial charge on any atom is -0.350 e. The molecule has 4 rings (SSSR count). The smallest absolute Gasteiger partial charge is 0.294 e. The van der Waals surface area contributed by atoms with Crippen molar-refractivity contribution < 1.29 is 13.7 Å². The van der Waals surface area contributed by atoms with E-state index in [0.717, 1.165) is 5.56 Å². The van der Waals surface area contributed by atoms with Crippen molar-refractivity contribution in [3.63, 3.8) is 0 Å². The third kappa shape index (κ3) is 3.90. The van der Waals surface area contributed by atoms with E-state index in [0.29, 0.717) is 23.5 Å². The Kier molecular flexibility index (Phi) is 4.44. The average Bonchev–Trinajstić information content (AvgIpc) is 3.34. The molecule has 7 nitrogen and oxygen atoms in total. The third-order valence-electron chi connectivity index (χ3n) is 3.85. The monoisotopic (exact) mass is 363 g/mol. The number of rotatable bonds is 5. The molecule has 0 bridgehead atoms. The molecule has 8 heteroatoms. The first-order chi connectivity index (χ1) is 13.2. The van der Waals surface area contributed by atoms with Gasteiger partial charge in [0.05, 0.1) is 6.54 Å². The number of nitrogens with one attached hydrogen (secondary N) is 1. The molecule has 0 aliphatic heterocycles. The van der Waals surface area contributed by atoms with Gasteiger partial charge < -0.3 is 9.84 Å². The van der Waals surface area contributed by atoms with E-state index in [2.05, 4.69) is 20.6 Å². The fourth-order valence-corrected chi connectivity index (χ4v) is 2.61. The predicted molar refractivity (Wildman–Crippen MR) is 95.4 cm³/mol.